The molecule has 3 nitrogen and oxygen atoms in total. The lowest BCUT2D eigenvalue weighted by Crippen LogP contribution is -2.23. The molecule has 0 saturated carbocycles. The van der Waals surface area contributed by atoms with Gasteiger partial charge in [0.05, 0.1) is 0 Å². The first-order valence-corrected chi connectivity index (χ1v) is 4.91. The first kappa shape index (κ1) is 10.7. The van der Waals surface area contributed by atoms with Crippen LogP contribution in [-0.2, 0) is 9.36 Å². The minimum atomic E-state index is -1.95. The lowest BCUT2D eigenvalue weighted by Gasteiger charge is -2.25. The SMILES string of the molecule is CC(=O)N(C)[PH](=O)C(C)(C)C. The van der Waals surface area contributed by atoms with Gasteiger partial charge in [0.15, 0.2) is 7.95 Å². The van der Waals surface area contributed by atoms with Crippen LogP contribution in [0.2, 0.25) is 0 Å². The molecule has 1 amide bonds. The summed E-state index contributed by atoms with van der Waals surface area (Å²) in [5.41, 5.74) is 0. The van der Waals surface area contributed by atoms with E-state index in [9.17, 15) is 9.36 Å². The highest BCUT2D eigenvalue weighted by Crippen LogP contribution is 2.40. The minimum absolute atomic E-state index is 0.135. The largest absolute Gasteiger partial charge is 0.303 e. The Balaban J connectivity index is 4.39. The Morgan fingerprint density at radius 1 is 1.36 bits per heavy atom. The van der Waals surface area contributed by atoms with Crippen LogP contribution in [0.5, 0.6) is 0 Å². The summed E-state index contributed by atoms with van der Waals surface area (Å²) < 4.78 is 12.8. The summed E-state index contributed by atoms with van der Waals surface area (Å²) in [7, 11) is -0.370. The Bertz CT molecular complexity index is 183. The number of carbonyl (C=O) groups excluding carboxylic acids is 1. The van der Waals surface area contributed by atoms with Gasteiger partial charge < -0.3 is 4.57 Å². The number of hydrogen-bond donors (Lipinski definition) is 0. The molecular weight excluding hydrogens is 161 g/mol. The normalized spacial score (nSPS) is 14.3. The molecule has 0 N–H and O–H groups in total. The van der Waals surface area contributed by atoms with E-state index in [4.69, 9.17) is 0 Å². The van der Waals surface area contributed by atoms with Crippen LogP contribution >= 0.6 is 7.95 Å². The number of rotatable bonds is 1. The van der Waals surface area contributed by atoms with E-state index in [-0.39, 0.29) is 11.1 Å². The number of nitrogens with zero attached hydrogens (tertiary/aromatic N) is 1. The topological polar surface area (TPSA) is 37.4 Å². The Morgan fingerprint density at radius 2 is 1.73 bits per heavy atom. The van der Waals surface area contributed by atoms with Crippen LogP contribution in [-0.4, -0.2) is 22.8 Å². The molecule has 11 heavy (non-hydrogen) atoms. The minimum Gasteiger partial charge on any atom is -0.303 e. The average Bonchev–Trinajstić information content (AvgIpc) is 1.82. The van der Waals surface area contributed by atoms with E-state index >= 15 is 0 Å². The van der Waals surface area contributed by atoms with Crippen molar-refractivity contribution in [3.63, 3.8) is 0 Å². The molecule has 1 atom stereocenters. The van der Waals surface area contributed by atoms with Gasteiger partial charge in [-0.2, -0.15) is 0 Å². The highest BCUT2D eigenvalue weighted by molar-refractivity contribution is 7.44. The van der Waals surface area contributed by atoms with Crippen LogP contribution in [0.25, 0.3) is 0 Å². The van der Waals surface area contributed by atoms with Crippen molar-refractivity contribution in [3.8, 4) is 0 Å². The fourth-order valence-electron chi connectivity index (χ4n) is 0.646. The summed E-state index contributed by atoms with van der Waals surface area (Å²) >= 11 is 0. The van der Waals surface area contributed by atoms with Crippen LogP contribution < -0.4 is 0 Å². The van der Waals surface area contributed by atoms with Crippen LogP contribution in [0, 0.1) is 0 Å². The third-order valence-corrected chi connectivity index (χ3v) is 3.63. The van der Waals surface area contributed by atoms with Gasteiger partial charge in [-0.05, 0) is 0 Å². The van der Waals surface area contributed by atoms with E-state index < -0.39 is 7.95 Å². The summed E-state index contributed by atoms with van der Waals surface area (Å²) in [6.07, 6.45) is 0. The molecule has 0 spiro atoms. The lowest BCUT2D eigenvalue weighted by atomic mass is 10.3. The fraction of sp³-hybridized carbons (Fsp3) is 0.857. The standard InChI is InChI=1S/C7H16NO2P/c1-6(9)8(5)11(10)7(2,3)4/h11H,1-5H3. The van der Waals surface area contributed by atoms with E-state index in [0.717, 1.165) is 0 Å². The van der Waals surface area contributed by atoms with Gasteiger partial charge in [-0.3, -0.25) is 9.46 Å². The van der Waals surface area contributed by atoms with E-state index in [2.05, 4.69) is 0 Å². The number of carbonyl (C=O) groups is 1. The maximum atomic E-state index is 11.5. The first-order valence-electron chi connectivity index (χ1n) is 3.55. The van der Waals surface area contributed by atoms with E-state index in [0.29, 0.717) is 0 Å². The molecule has 0 aromatic heterocycles. The summed E-state index contributed by atoms with van der Waals surface area (Å²) in [6.45, 7) is 7.03. The Hall–Kier alpha value is -0.300. The van der Waals surface area contributed by atoms with Crippen LogP contribution in [0.4, 0.5) is 0 Å². The molecule has 0 rings (SSSR count). The summed E-state index contributed by atoms with van der Waals surface area (Å²) in [6, 6.07) is 0. The fourth-order valence-corrected chi connectivity index (χ4v) is 1.94. The van der Waals surface area contributed by atoms with Gasteiger partial charge in [-0.25, -0.2) is 0 Å². The maximum absolute atomic E-state index is 11.5. The number of hydrogen-bond acceptors (Lipinski definition) is 2. The molecule has 0 aliphatic heterocycles. The summed E-state index contributed by atoms with van der Waals surface area (Å²) in [4.78, 5) is 10.8. The molecule has 0 aromatic carbocycles. The Kier molecular flexibility index (Phi) is 3.30. The molecule has 0 bridgehead atoms. The Morgan fingerprint density at radius 3 is 1.82 bits per heavy atom. The second-order valence-corrected chi connectivity index (χ2v) is 6.41. The summed E-state index contributed by atoms with van der Waals surface area (Å²) in [5.74, 6) is -0.135. The van der Waals surface area contributed by atoms with Crippen molar-refractivity contribution in [1.29, 1.82) is 0 Å². The van der Waals surface area contributed by atoms with Gasteiger partial charge in [0.1, 0.15) is 0 Å². The molecule has 1 unspecified atom stereocenters. The first-order chi connectivity index (χ1) is 4.76. The smallest absolute Gasteiger partial charge is 0.224 e. The second kappa shape index (κ2) is 3.40. The van der Waals surface area contributed by atoms with Crippen LogP contribution in [0.3, 0.4) is 0 Å². The van der Waals surface area contributed by atoms with Gasteiger partial charge >= 0.3 is 0 Å². The third kappa shape index (κ3) is 3.06. The molecule has 4 heteroatoms. The van der Waals surface area contributed by atoms with E-state index in [1.807, 2.05) is 20.8 Å². The molecular formula is C7H16NO2P. The highest BCUT2D eigenvalue weighted by Gasteiger charge is 2.24. The van der Waals surface area contributed by atoms with Crippen molar-refractivity contribution in [2.24, 2.45) is 0 Å². The van der Waals surface area contributed by atoms with Crippen molar-refractivity contribution in [1.82, 2.24) is 4.67 Å². The zero-order valence-corrected chi connectivity index (χ0v) is 8.76. The number of amides is 1. The predicted octanol–water partition coefficient (Wildman–Crippen LogP) is 1.74. The van der Waals surface area contributed by atoms with Gasteiger partial charge in [-0.15, -0.1) is 0 Å². The highest BCUT2D eigenvalue weighted by atomic mass is 31.1. The van der Waals surface area contributed by atoms with Gasteiger partial charge in [0.25, 0.3) is 0 Å². The Labute approximate surface area is 68.6 Å². The molecule has 0 aliphatic rings. The van der Waals surface area contributed by atoms with Crippen molar-refractivity contribution in [2.45, 2.75) is 32.9 Å². The monoisotopic (exact) mass is 177 g/mol. The van der Waals surface area contributed by atoms with Gasteiger partial charge in [-0.1, -0.05) is 20.8 Å². The van der Waals surface area contributed by atoms with Gasteiger partial charge in [0.2, 0.25) is 5.91 Å². The molecule has 66 valence electrons. The second-order valence-electron chi connectivity index (χ2n) is 3.63. The average molecular weight is 177 g/mol. The van der Waals surface area contributed by atoms with Gasteiger partial charge in [0, 0.05) is 19.1 Å². The maximum Gasteiger partial charge on any atom is 0.224 e. The van der Waals surface area contributed by atoms with Crippen molar-refractivity contribution < 1.29 is 9.36 Å². The predicted molar refractivity (Wildman–Crippen MR) is 47.2 cm³/mol. The van der Waals surface area contributed by atoms with Crippen molar-refractivity contribution in [2.75, 3.05) is 7.05 Å². The molecule has 0 aromatic rings. The molecule has 0 aliphatic carbocycles. The van der Waals surface area contributed by atoms with E-state index in [1.165, 1.54) is 11.6 Å². The molecule has 0 heterocycles. The third-order valence-electron chi connectivity index (χ3n) is 1.42. The lowest BCUT2D eigenvalue weighted by molar-refractivity contribution is -0.123. The van der Waals surface area contributed by atoms with Crippen LogP contribution in [0.1, 0.15) is 27.7 Å². The quantitative estimate of drug-likeness (QED) is 0.572. The zero-order chi connectivity index (χ0) is 9.23. The molecule has 0 saturated heterocycles. The molecule has 0 fully saturated rings. The van der Waals surface area contributed by atoms with Crippen LogP contribution in [0.15, 0.2) is 0 Å². The summed E-state index contributed by atoms with van der Waals surface area (Å²) in [5, 5.41) is -0.287. The zero-order valence-electron chi connectivity index (χ0n) is 7.76. The van der Waals surface area contributed by atoms with E-state index in [1.54, 1.807) is 7.05 Å². The van der Waals surface area contributed by atoms with Crippen molar-refractivity contribution >= 4 is 13.9 Å². The molecule has 0 radical (unpaired) electrons. The van der Waals surface area contributed by atoms with Crippen molar-refractivity contribution in [3.05, 3.63) is 0 Å².